The van der Waals surface area contributed by atoms with Crippen molar-refractivity contribution in [3.05, 3.63) is 42.9 Å². The van der Waals surface area contributed by atoms with Gasteiger partial charge in [0.2, 0.25) is 5.88 Å². The SMILES string of the molecule is CN1CCN(c2ncnc3ccc(-c4c[nH]c5nc(OC(F)F)ccc45)cc23)CC1. The van der Waals surface area contributed by atoms with E-state index in [0.717, 1.165) is 59.4 Å². The summed E-state index contributed by atoms with van der Waals surface area (Å²) in [5, 5.41) is 1.81. The Labute approximate surface area is 171 Å². The number of hydrogen-bond acceptors (Lipinski definition) is 6. The number of benzene rings is 1. The molecule has 4 heterocycles. The second kappa shape index (κ2) is 7.49. The van der Waals surface area contributed by atoms with Crippen LogP contribution in [0.1, 0.15) is 0 Å². The molecule has 0 amide bonds. The molecule has 5 rings (SSSR count). The maximum Gasteiger partial charge on any atom is 0.388 e. The van der Waals surface area contributed by atoms with E-state index in [2.05, 4.69) is 47.6 Å². The highest BCUT2D eigenvalue weighted by molar-refractivity contribution is 5.98. The molecule has 0 aliphatic carbocycles. The van der Waals surface area contributed by atoms with Gasteiger partial charge in [-0.25, -0.2) is 9.97 Å². The first-order valence-electron chi connectivity index (χ1n) is 9.70. The monoisotopic (exact) mass is 410 g/mol. The van der Waals surface area contributed by atoms with E-state index in [4.69, 9.17) is 0 Å². The number of nitrogens with one attached hydrogen (secondary N) is 1. The van der Waals surface area contributed by atoms with Gasteiger partial charge in [-0.3, -0.25) is 0 Å². The topological polar surface area (TPSA) is 70.2 Å². The van der Waals surface area contributed by atoms with Crippen molar-refractivity contribution >= 4 is 27.8 Å². The summed E-state index contributed by atoms with van der Waals surface area (Å²) < 4.78 is 29.3. The first-order chi connectivity index (χ1) is 14.6. The molecule has 4 aromatic rings. The summed E-state index contributed by atoms with van der Waals surface area (Å²) in [4.78, 5) is 20.8. The number of anilines is 1. The molecule has 0 spiro atoms. The van der Waals surface area contributed by atoms with E-state index >= 15 is 0 Å². The zero-order chi connectivity index (χ0) is 20.7. The number of nitrogens with zero attached hydrogens (tertiary/aromatic N) is 5. The molecular weight excluding hydrogens is 390 g/mol. The Kier molecular flexibility index (Phi) is 4.66. The van der Waals surface area contributed by atoms with Crippen molar-refractivity contribution in [3.63, 3.8) is 0 Å². The molecule has 3 aromatic heterocycles. The van der Waals surface area contributed by atoms with Gasteiger partial charge in [-0.15, -0.1) is 0 Å². The molecule has 1 saturated heterocycles. The molecule has 1 aliphatic heterocycles. The van der Waals surface area contributed by atoms with Crippen LogP contribution in [-0.4, -0.2) is 64.7 Å². The number of halogens is 2. The highest BCUT2D eigenvalue weighted by Crippen LogP contribution is 2.33. The van der Waals surface area contributed by atoms with E-state index in [0.29, 0.717) is 5.65 Å². The van der Waals surface area contributed by atoms with Gasteiger partial charge in [-0.2, -0.15) is 13.8 Å². The number of alkyl halides is 2. The summed E-state index contributed by atoms with van der Waals surface area (Å²) in [5.74, 6) is 0.815. The van der Waals surface area contributed by atoms with Gasteiger partial charge in [0.1, 0.15) is 17.8 Å². The van der Waals surface area contributed by atoms with Crippen molar-refractivity contribution in [2.24, 2.45) is 0 Å². The lowest BCUT2D eigenvalue weighted by Crippen LogP contribution is -2.44. The van der Waals surface area contributed by atoms with E-state index in [1.165, 1.54) is 6.07 Å². The van der Waals surface area contributed by atoms with Gasteiger partial charge in [-0.1, -0.05) is 6.07 Å². The van der Waals surface area contributed by atoms with E-state index in [1.807, 2.05) is 18.3 Å². The summed E-state index contributed by atoms with van der Waals surface area (Å²) in [6.45, 7) is 0.899. The molecule has 0 saturated carbocycles. The lowest BCUT2D eigenvalue weighted by Gasteiger charge is -2.33. The maximum absolute atomic E-state index is 12.5. The molecule has 1 N–H and O–H groups in total. The Morgan fingerprint density at radius 2 is 1.87 bits per heavy atom. The van der Waals surface area contributed by atoms with Crippen LogP contribution in [-0.2, 0) is 0 Å². The van der Waals surface area contributed by atoms with Gasteiger partial charge in [0.25, 0.3) is 0 Å². The molecule has 0 unspecified atom stereocenters. The zero-order valence-electron chi connectivity index (χ0n) is 16.3. The van der Waals surface area contributed by atoms with Crippen LogP contribution < -0.4 is 9.64 Å². The van der Waals surface area contributed by atoms with Crippen molar-refractivity contribution in [3.8, 4) is 17.0 Å². The molecule has 0 bridgehead atoms. The first kappa shape index (κ1) is 18.7. The van der Waals surface area contributed by atoms with Crippen molar-refractivity contribution in [1.29, 1.82) is 0 Å². The number of aromatic amines is 1. The van der Waals surface area contributed by atoms with Gasteiger partial charge in [0, 0.05) is 54.8 Å². The largest absolute Gasteiger partial charge is 0.417 e. The van der Waals surface area contributed by atoms with Gasteiger partial charge in [0.15, 0.2) is 0 Å². The Morgan fingerprint density at radius 1 is 1.03 bits per heavy atom. The lowest BCUT2D eigenvalue weighted by atomic mass is 10.0. The van der Waals surface area contributed by atoms with Gasteiger partial charge in [0.05, 0.1) is 5.52 Å². The summed E-state index contributed by atoms with van der Waals surface area (Å²) in [7, 11) is 2.12. The average molecular weight is 410 g/mol. The molecule has 1 fully saturated rings. The number of piperazine rings is 1. The predicted octanol–water partition coefficient (Wildman–Crippen LogP) is 3.53. The van der Waals surface area contributed by atoms with E-state index < -0.39 is 6.61 Å². The molecular formula is C21H20F2N6O. The number of aromatic nitrogens is 4. The van der Waals surface area contributed by atoms with Crippen LogP contribution in [0.4, 0.5) is 14.6 Å². The van der Waals surface area contributed by atoms with E-state index in [-0.39, 0.29) is 5.88 Å². The Hall–Kier alpha value is -3.33. The van der Waals surface area contributed by atoms with Gasteiger partial charge in [-0.05, 0) is 30.8 Å². The number of likely N-dealkylation sites (N-methyl/N-ethyl adjacent to an activating group) is 1. The lowest BCUT2D eigenvalue weighted by molar-refractivity contribution is -0.0526. The minimum Gasteiger partial charge on any atom is -0.417 e. The Bertz CT molecular complexity index is 1200. The molecule has 30 heavy (non-hydrogen) atoms. The van der Waals surface area contributed by atoms with E-state index in [9.17, 15) is 8.78 Å². The number of hydrogen-bond donors (Lipinski definition) is 1. The third-order valence-electron chi connectivity index (χ3n) is 5.45. The molecule has 154 valence electrons. The van der Waals surface area contributed by atoms with Crippen LogP contribution >= 0.6 is 0 Å². The molecule has 0 atom stereocenters. The van der Waals surface area contributed by atoms with Crippen LogP contribution in [0.25, 0.3) is 33.1 Å². The zero-order valence-corrected chi connectivity index (χ0v) is 16.3. The predicted molar refractivity (Wildman–Crippen MR) is 111 cm³/mol. The maximum atomic E-state index is 12.5. The van der Waals surface area contributed by atoms with Crippen LogP contribution in [0.5, 0.6) is 5.88 Å². The number of fused-ring (bicyclic) bond motifs is 2. The Morgan fingerprint density at radius 3 is 2.67 bits per heavy atom. The highest BCUT2D eigenvalue weighted by atomic mass is 19.3. The van der Waals surface area contributed by atoms with Crippen LogP contribution in [0, 0.1) is 0 Å². The smallest absolute Gasteiger partial charge is 0.388 e. The average Bonchev–Trinajstić information content (AvgIpc) is 3.16. The van der Waals surface area contributed by atoms with Crippen LogP contribution in [0.2, 0.25) is 0 Å². The van der Waals surface area contributed by atoms with Gasteiger partial charge < -0.3 is 19.5 Å². The third kappa shape index (κ3) is 3.41. The second-order valence-electron chi connectivity index (χ2n) is 7.35. The quantitative estimate of drug-likeness (QED) is 0.555. The fraction of sp³-hybridized carbons (Fsp3) is 0.286. The minimum absolute atomic E-state index is 0.116. The van der Waals surface area contributed by atoms with Crippen molar-refractivity contribution in [2.75, 3.05) is 38.1 Å². The van der Waals surface area contributed by atoms with Crippen LogP contribution in [0.3, 0.4) is 0 Å². The van der Waals surface area contributed by atoms with Crippen LogP contribution in [0.15, 0.2) is 42.9 Å². The van der Waals surface area contributed by atoms with Crippen molar-refractivity contribution < 1.29 is 13.5 Å². The van der Waals surface area contributed by atoms with Gasteiger partial charge >= 0.3 is 6.61 Å². The fourth-order valence-corrected chi connectivity index (χ4v) is 3.86. The summed E-state index contributed by atoms with van der Waals surface area (Å²) >= 11 is 0. The third-order valence-corrected chi connectivity index (χ3v) is 5.45. The second-order valence-corrected chi connectivity index (χ2v) is 7.35. The summed E-state index contributed by atoms with van der Waals surface area (Å²) in [6, 6.07) is 9.24. The number of H-pyrrole nitrogens is 1. The summed E-state index contributed by atoms with van der Waals surface area (Å²) in [6.07, 6.45) is 3.43. The minimum atomic E-state index is -2.90. The number of rotatable bonds is 4. The normalized spacial score (nSPS) is 15.4. The van der Waals surface area contributed by atoms with E-state index in [1.54, 1.807) is 12.4 Å². The number of ether oxygens (including phenoxy) is 1. The fourth-order valence-electron chi connectivity index (χ4n) is 3.86. The standard InChI is InChI=1S/C21H20F2N6O/c1-28-6-8-29(9-7-28)20-15-10-13(2-4-17(15)25-12-26-20)16-11-24-19-14(16)3-5-18(27-19)30-21(22)23/h2-5,10-12,21H,6-9H2,1H3,(H,24,27). The molecule has 1 aliphatic rings. The molecule has 7 nitrogen and oxygen atoms in total. The molecule has 1 aromatic carbocycles. The number of pyridine rings is 1. The Balaban J connectivity index is 1.56. The molecule has 0 radical (unpaired) electrons. The summed E-state index contributed by atoms with van der Waals surface area (Å²) in [5.41, 5.74) is 3.28. The van der Waals surface area contributed by atoms with Crippen molar-refractivity contribution in [2.45, 2.75) is 6.61 Å². The highest BCUT2D eigenvalue weighted by Gasteiger charge is 2.19. The first-order valence-corrected chi connectivity index (χ1v) is 9.70. The molecule has 9 heteroatoms. The van der Waals surface area contributed by atoms with Crippen molar-refractivity contribution in [1.82, 2.24) is 24.8 Å².